The molecule has 0 unspecified atom stereocenters. The summed E-state index contributed by atoms with van der Waals surface area (Å²) in [5, 5.41) is 2.23. The second-order valence-corrected chi connectivity index (χ2v) is 9.22. The van der Waals surface area contributed by atoms with Crippen molar-refractivity contribution in [1.29, 1.82) is 0 Å². The summed E-state index contributed by atoms with van der Waals surface area (Å²) in [5.41, 5.74) is 1.50. The molecule has 0 heterocycles. The molecule has 0 radical (unpaired) electrons. The van der Waals surface area contributed by atoms with Crippen molar-refractivity contribution < 1.29 is 0 Å². The van der Waals surface area contributed by atoms with E-state index in [0.29, 0.717) is 19.3 Å². The molecule has 0 saturated heterocycles. The summed E-state index contributed by atoms with van der Waals surface area (Å²) in [5.74, 6) is 2.36. The van der Waals surface area contributed by atoms with Gasteiger partial charge in [0.15, 0.2) is 0 Å². The third-order valence-corrected chi connectivity index (χ3v) is 7.59. The first-order chi connectivity index (χ1) is 10.7. The average molecular weight is 375 g/mol. The summed E-state index contributed by atoms with van der Waals surface area (Å²) < 4.78 is 0.370. The fraction of sp³-hybridized carbons (Fsp3) is 0.300. The van der Waals surface area contributed by atoms with Crippen molar-refractivity contribution in [3.05, 3.63) is 77.7 Å². The van der Waals surface area contributed by atoms with Crippen LogP contribution in [-0.4, -0.2) is 15.0 Å². The molecule has 2 heteroatoms. The third kappa shape index (κ3) is 5.35. The van der Waals surface area contributed by atoms with Gasteiger partial charge in [0.1, 0.15) is 0 Å². The second-order valence-electron chi connectivity index (χ2n) is 5.50. The van der Waals surface area contributed by atoms with Crippen molar-refractivity contribution in [1.82, 2.24) is 0 Å². The SMILES string of the molecule is C[Se][C@](C)(CCC/C=C/Sc1ccccc1)c1ccccc1. The van der Waals surface area contributed by atoms with Crippen LogP contribution in [0.4, 0.5) is 0 Å². The second kappa shape index (κ2) is 9.25. The predicted octanol–water partition coefficient (Wildman–Crippen LogP) is 6.13. The molecule has 0 bridgehead atoms. The van der Waals surface area contributed by atoms with Crippen molar-refractivity contribution in [3.63, 3.8) is 0 Å². The van der Waals surface area contributed by atoms with E-state index in [9.17, 15) is 0 Å². The van der Waals surface area contributed by atoms with E-state index in [1.54, 1.807) is 11.8 Å². The summed E-state index contributed by atoms with van der Waals surface area (Å²) in [4.78, 5) is 1.31. The van der Waals surface area contributed by atoms with Crippen molar-refractivity contribution in [2.75, 3.05) is 0 Å². The normalized spacial score (nSPS) is 14.1. The summed E-state index contributed by atoms with van der Waals surface area (Å²) >= 11 is 2.43. The number of hydrogen-bond donors (Lipinski definition) is 0. The molecule has 0 spiro atoms. The van der Waals surface area contributed by atoms with E-state index < -0.39 is 0 Å². The Balaban J connectivity index is 1.77. The van der Waals surface area contributed by atoms with Crippen LogP contribution >= 0.6 is 11.8 Å². The number of hydrogen-bond acceptors (Lipinski definition) is 1. The van der Waals surface area contributed by atoms with E-state index in [0.717, 1.165) is 0 Å². The zero-order chi connectivity index (χ0) is 15.7. The Morgan fingerprint density at radius 1 is 1.00 bits per heavy atom. The van der Waals surface area contributed by atoms with Crippen molar-refractivity contribution in [2.45, 2.75) is 41.2 Å². The van der Waals surface area contributed by atoms with E-state index in [4.69, 9.17) is 0 Å². The molecule has 0 aliphatic rings. The molecule has 0 amide bonds. The Bertz CT molecular complexity index is 565. The number of benzene rings is 2. The van der Waals surface area contributed by atoms with E-state index in [2.05, 4.69) is 84.9 Å². The Kier molecular flexibility index (Phi) is 7.32. The topological polar surface area (TPSA) is 0 Å². The monoisotopic (exact) mass is 376 g/mol. The molecule has 22 heavy (non-hydrogen) atoms. The van der Waals surface area contributed by atoms with Gasteiger partial charge in [0.25, 0.3) is 0 Å². The first-order valence-corrected chi connectivity index (χ1v) is 11.2. The van der Waals surface area contributed by atoms with Gasteiger partial charge in [-0.3, -0.25) is 0 Å². The van der Waals surface area contributed by atoms with Crippen LogP contribution in [0, 0.1) is 0 Å². The molecule has 0 aromatic heterocycles. The Morgan fingerprint density at radius 3 is 2.27 bits per heavy atom. The Morgan fingerprint density at radius 2 is 1.64 bits per heavy atom. The van der Waals surface area contributed by atoms with Crippen LogP contribution in [0.3, 0.4) is 0 Å². The molecule has 116 valence electrons. The molecule has 2 rings (SSSR count). The maximum atomic E-state index is 2.42. The van der Waals surface area contributed by atoms with Gasteiger partial charge in [0.05, 0.1) is 0 Å². The van der Waals surface area contributed by atoms with Gasteiger partial charge in [-0.05, 0) is 0 Å². The van der Waals surface area contributed by atoms with Crippen LogP contribution in [0.2, 0.25) is 5.82 Å². The van der Waals surface area contributed by atoms with Gasteiger partial charge in [0.2, 0.25) is 0 Å². The van der Waals surface area contributed by atoms with E-state index in [1.807, 2.05) is 0 Å². The fourth-order valence-electron chi connectivity index (χ4n) is 2.41. The van der Waals surface area contributed by atoms with Gasteiger partial charge in [-0.1, -0.05) is 0 Å². The minimum absolute atomic E-state index is 0.370. The van der Waals surface area contributed by atoms with Crippen molar-refractivity contribution in [3.8, 4) is 0 Å². The maximum absolute atomic E-state index is 2.42. The summed E-state index contributed by atoms with van der Waals surface area (Å²) in [7, 11) is 0. The molecule has 0 aliphatic carbocycles. The van der Waals surface area contributed by atoms with Gasteiger partial charge in [0, 0.05) is 0 Å². The predicted molar refractivity (Wildman–Crippen MR) is 101 cm³/mol. The van der Waals surface area contributed by atoms with E-state index >= 15 is 0 Å². The van der Waals surface area contributed by atoms with Crippen LogP contribution in [0.1, 0.15) is 31.7 Å². The van der Waals surface area contributed by atoms with Crippen LogP contribution < -0.4 is 0 Å². The summed E-state index contributed by atoms with van der Waals surface area (Å²) in [6.45, 7) is 2.42. The van der Waals surface area contributed by atoms with Crippen molar-refractivity contribution >= 4 is 26.7 Å². The fourth-order valence-corrected chi connectivity index (χ4v) is 4.62. The Hall–Kier alpha value is -0.951. The molecule has 0 nitrogen and oxygen atoms in total. The number of allylic oxidation sites excluding steroid dienone is 1. The van der Waals surface area contributed by atoms with Gasteiger partial charge >= 0.3 is 146 Å². The van der Waals surface area contributed by atoms with Gasteiger partial charge in [-0.15, -0.1) is 0 Å². The quantitative estimate of drug-likeness (QED) is 0.304. The molecular formula is C20H24SSe. The van der Waals surface area contributed by atoms with Crippen LogP contribution in [0.5, 0.6) is 0 Å². The molecular weight excluding hydrogens is 351 g/mol. The molecule has 0 saturated carbocycles. The van der Waals surface area contributed by atoms with Crippen LogP contribution in [0.25, 0.3) is 0 Å². The van der Waals surface area contributed by atoms with Gasteiger partial charge in [-0.2, -0.15) is 0 Å². The minimum atomic E-state index is 0.370. The first kappa shape index (κ1) is 17.4. The molecule has 0 N–H and O–H groups in total. The number of thioether (sulfide) groups is 1. The molecule has 2 aromatic carbocycles. The van der Waals surface area contributed by atoms with E-state index in [-0.39, 0.29) is 0 Å². The number of rotatable bonds is 8. The first-order valence-electron chi connectivity index (χ1n) is 7.72. The Labute approximate surface area is 145 Å². The number of unbranched alkanes of at least 4 members (excludes halogenated alkanes) is 1. The van der Waals surface area contributed by atoms with E-state index in [1.165, 1.54) is 29.7 Å². The third-order valence-electron chi connectivity index (χ3n) is 3.90. The summed E-state index contributed by atoms with van der Waals surface area (Å²) in [6, 6.07) is 21.5. The zero-order valence-electron chi connectivity index (χ0n) is 13.4. The van der Waals surface area contributed by atoms with Crippen LogP contribution in [-0.2, 0) is 4.31 Å². The molecule has 2 aromatic rings. The molecule has 1 atom stereocenters. The van der Waals surface area contributed by atoms with Gasteiger partial charge < -0.3 is 0 Å². The van der Waals surface area contributed by atoms with Crippen LogP contribution in [0.15, 0.2) is 77.0 Å². The van der Waals surface area contributed by atoms with Gasteiger partial charge in [-0.25, -0.2) is 0 Å². The standard InChI is InChI=1S/C20H24SSe/c1-20(22-2,18-12-6-3-7-13-18)16-10-5-11-17-21-19-14-8-4-9-15-19/h3-4,6-9,11-15,17H,5,10,16H2,1-2H3/b17-11+/t20-/m1/s1. The molecule has 0 fully saturated rings. The summed E-state index contributed by atoms with van der Waals surface area (Å²) in [6.07, 6.45) is 6.00. The average Bonchev–Trinajstić information content (AvgIpc) is 2.59. The molecule has 0 aliphatic heterocycles. The van der Waals surface area contributed by atoms with Crippen molar-refractivity contribution in [2.24, 2.45) is 0 Å². The zero-order valence-corrected chi connectivity index (χ0v) is 15.9.